The zero-order valence-corrected chi connectivity index (χ0v) is 14.9. The van der Waals surface area contributed by atoms with Crippen molar-refractivity contribution in [3.8, 4) is 11.5 Å². The van der Waals surface area contributed by atoms with E-state index in [-0.39, 0.29) is 5.91 Å². The molecule has 0 aliphatic carbocycles. The van der Waals surface area contributed by atoms with Gasteiger partial charge in [-0.25, -0.2) is 0 Å². The number of hydrogen-bond acceptors (Lipinski definition) is 5. The number of rotatable bonds is 4. The molecule has 0 radical (unpaired) electrons. The van der Waals surface area contributed by atoms with Crippen LogP contribution in [-0.4, -0.2) is 42.8 Å². The SMILES string of the molecule is CCOc1cccc(C=C2SC(N3CCCCC3)=NC2=O)c1OC. The molecule has 0 unspecified atom stereocenters. The van der Waals surface area contributed by atoms with Gasteiger partial charge >= 0.3 is 0 Å². The fourth-order valence-corrected chi connectivity index (χ4v) is 3.85. The lowest BCUT2D eigenvalue weighted by atomic mass is 10.1. The Kier molecular flexibility index (Phi) is 5.45. The van der Waals surface area contributed by atoms with Crippen LogP contribution in [-0.2, 0) is 4.79 Å². The molecule has 1 amide bonds. The Morgan fingerprint density at radius 1 is 1.29 bits per heavy atom. The molecule has 24 heavy (non-hydrogen) atoms. The second kappa shape index (κ2) is 7.75. The van der Waals surface area contributed by atoms with Gasteiger partial charge in [0.05, 0.1) is 18.6 Å². The van der Waals surface area contributed by atoms with E-state index in [0.29, 0.717) is 23.0 Å². The van der Waals surface area contributed by atoms with Gasteiger partial charge in [-0.15, -0.1) is 0 Å². The van der Waals surface area contributed by atoms with E-state index in [1.165, 1.54) is 18.2 Å². The lowest BCUT2D eigenvalue weighted by Crippen LogP contribution is -2.33. The summed E-state index contributed by atoms with van der Waals surface area (Å²) in [6.07, 6.45) is 5.43. The molecule has 0 N–H and O–H groups in total. The summed E-state index contributed by atoms with van der Waals surface area (Å²) in [4.78, 5) is 19.3. The predicted molar refractivity (Wildman–Crippen MR) is 97.6 cm³/mol. The van der Waals surface area contributed by atoms with Crippen molar-refractivity contribution < 1.29 is 14.3 Å². The summed E-state index contributed by atoms with van der Waals surface area (Å²) in [6, 6.07) is 5.68. The van der Waals surface area contributed by atoms with E-state index in [9.17, 15) is 4.79 Å². The van der Waals surface area contributed by atoms with Crippen molar-refractivity contribution in [2.24, 2.45) is 4.99 Å². The predicted octanol–water partition coefficient (Wildman–Crippen LogP) is 3.55. The van der Waals surface area contributed by atoms with E-state index in [1.807, 2.05) is 31.2 Å². The molecule has 1 fully saturated rings. The maximum absolute atomic E-state index is 12.3. The standard InChI is InChI=1S/C18H22N2O3S/c1-3-23-14-9-7-8-13(16(14)22-2)12-15-17(21)19-18(24-15)20-10-5-4-6-11-20/h7-9,12H,3-6,10-11H2,1-2H3. The Labute approximate surface area is 146 Å². The highest BCUT2D eigenvalue weighted by molar-refractivity contribution is 8.18. The molecule has 2 heterocycles. The maximum Gasteiger partial charge on any atom is 0.286 e. The van der Waals surface area contributed by atoms with Crippen LogP contribution in [0.25, 0.3) is 6.08 Å². The number of amides is 1. The molecule has 6 heteroatoms. The van der Waals surface area contributed by atoms with E-state index < -0.39 is 0 Å². The van der Waals surface area contributed by atoms with E-state index >= 15 is 0 Å². The average molecular weight is 346 g/mol. The average Bonchev–Trinajstić information content (AvgIpc) is 2.97. The molecule has 128 valence electrons. The lowest BCUT2D eigenvalue weighted by molar-refractivity contribution is -0.113. The lowest BCUT2D eigenvalue weighted by Gasteiger charge is -2.27. The number of hydrogen-bond donors (Lipinski definition) is 0. The van der Waals surface area contributed by atoms with E-state index in [4.69, 9.17) is 9.47 Å². The van der Waals surface area contributed by atoms with Crippen LogP contribution in [0.15, 0.2) is 28.1 Å². The number of aliphatic imine (C=N–C) groups is 1. The Balaban J connectivity index is 1.82. The summed E-state index contributed by atoms with van der Waals surface area (Å²) < 4.78 is 11.1. The van der Waals surface area contributed by atoms with Crippen LogP contribution in [0.2, 0.25) is 0 Å². The van der Waals surface area contributed by atoms with Crippen molar-refractivity contribution in [2.75, 3.05) is 26.8 Å². The molecule has 0 bridgehead atoms. The van der Waals surface area contributed by atoms with E-state index in [0.717, 1.165) is 36.7 Å². The van der Waals surface area contributed by atoms with Crippen LogP contribution >= 0.6 is 11.8 Å². The Morgan fingerprint density at radius 3 is 2.79 bits per heavy atom. The van der Waals surface area contributed by atoms with Crippen molar-refractivity contribution in [1.29, 1.82) is 0 Å². The molecule has 1 saturated heterocycles. The van der Waals surface area contributed by atoms with Crippen molar-refractivity contribution in [3.63, 3.8) is 0 Å². The summed E-state index contributed by atoms with van der Waals surface area (Å²) in [5.74, 6) is 1.15. The van der Waals surface area contributed by atoms with E-state index in [1.54, 1.807) is 7.11 Å². The number of carbonyl (C=O) groups is 1. The minimum Gasteiger partial charge on any atom is -0.492 e. The van der Waals surface area contributed by atoms with E-state index in [2.05, 4.69) is 9.89 Å². The fraction of sp³-hybridized carbons (Fsp3) is 0.444. The molecule has 2 aliphatic rings. The number of amidine groups is 1. The first kappa shape index (κ1) is 16.9. The number of likely N-dealkylation sites (tertiary alicyclic amines) is 1. The number of thioether (sulfide) groups is 1. The van der Waals surface area contributed by atoms with Crippen LogP contribution in [0, 0.1) is 0 Å². The van der Waals surface area contributed by atoms with Gasteiger partial charge in [-0.3, -0.25) is 4.79 Å². The third-order valence-electron chi connectivity index (χ3n) is 4.04. The smallest absolute Gasteiger partial charge is 0.286 e. The molecule has 5 nitrogen and oxygen atoms in total. The highest BCUT2D eigenvalue weighted by Gasteiger charge is 2.27. The molecule has 0 saturated carbocycles. The molecule has 1 aromatic rings. The van der Waals surface area contributed by atoms with Crippen LogP contribution in [0.4, 0.5) is 0 Å². The van der Waals surface area contributed by atoms with Gasteiger partial charge in [0.25, 0.3) is 5.91 Å². The highest BCUT2D eigenvalue weighted by Crippen LogP contribution is 2.36. The second-order valence-electron chi connectivity index (χ2n) is 5.67. The van der Waals surface area contributed by atoms with Crippen LogP contribution in [0.1, 0.15) is 31.7 Å². The largest absolute Gasteiger partial charge is 0.492 e. The topological polar surface area (TPSA) is 51.1 Å². The number of ether oxygens (including phenoxy) is 2. The summed E-state index contributed by atoms with van der Waals surface area (Å²) in [5, 5.41) is 0.825. The number of methoxy groups -OCH3 is 1. The van der Waals surface area contributed by atoms with Crippen LogP contribution in [0.5, 0.6) is 11.5 Å². The normalized spacial score (nSPS) is 19.6. The maximum atomic E-state index is 12.3. The first-order valence-electron chi connectivity index (χ1n) is 8.30. The van der Waals surface area contributed by atoms with Gasteiger partial charge in [-0.05, 0) is 50.1 Å². The number of para-hydroxylation sites is 1. The quantitative estimate of drug-likeness (QED) is 0.781. The van der Waals surface area contributed by atoms with Gasteiger partial charge in [0.15, 0.2) is 16.7 Å². The first-order chi connectivity index (χ1) is 11.7. The van der Waals surface area contributed by atoms with Gasteiger partial charge in [-0.1, -0.05) is 12.1 Å². The summed E-state index contributed by atoms with van der Waals surface area (Å²) in [7, 11) is 1.61. The van der Waals surface area contributed by atoms with Gasteiger partial charge in [0, 0.05) is 18.7 Å². The minimum absolute atomic E-state index is 0.176. The molecular weight excluding hydrogens is 324 g/mol. The van der Waals surface area contributed by atoms with Crippen LogP contribution < -0.4 is 9.47 Å². The second-order valence-corrected chi connectivity index (χ2v) is 6.68. The number of piperidine rings is 1. The molecular formula is C18H22N2O3S. The highest BCUT2D eigenvalue weighted by atomic mass is 32.2. The van der Waals surface area contributed by atoms with Gasteiger partial charge in [0.1, 0.15) is 0 Å². The van der Waals surface area contributed by atoms with Gasteiger partial charge in [-0.2, -0.15) is 4.99 Å². The van der Waals surface area contributed by atoms with Gasteiger partial charge < -0.3 is 14.4 Å². The summed E-state index contributed by atoms with van der Waals surface area (Å²) in [5.41, 5.74) is 0.828. The minimum atomic E-state index is -0.176. The third-order valence-corrected chi connectivity index (χ3v) is 5.08. The Morgan fingerprint density at radius 2 is 2.08 bits per heavy atom. The van der Waals surface area contributed by atoms with Crippen LogP contribution in [0.3, 0.4) is 0 Å². The Hall–Kier alpha value is -1.95. The zero-order chi connectivity index (χ0) is 16.9. The van der Waals surface area contributed by atoms with Crippen molar-refractivity contribution in [2.45, 2.75) is 26.2 Å². The number of nitrogens with zero attached hydrogens (tertiary/aromatic N) is 2. The fourth-order valence-electron chi connectivity index (χ4n) is 2.89. The molecule has 0 aromatic heterocycles. The molecule has 0 atom stereocenters. The molecule has 0 spiro atoms. The summed E-state index contributed by atoms with van der Waals surface area (Å²) in [6.45, 7) is 4.46. The molecule has 3 rings (SSSR count). The van der Waals surface area contributed by atoms with Crippen molar-refractivity contribution in [3.05, 3.63) is 28.7 Å². The zero-order valence-electron chi connectivity index (χ0n) is 14.1. The number of carbonyl (C=O) groups excluding carboxylic acids is 1. The monoisotopic (exact) mass is 346 g/mol. The van der Waals surface area contributed by atoms with Crippen molar-refractivity contribution >= 4 is 28.9 Å². The van der Waals surface area contributed by atoms with Gasteiger partial charge in [0.2, 0.25) is 0 Å². The molecule has 2 aliphatic heterocycles. The Bertz CT molecular complexity index is 679. The molecule has 1 aromatic carbocycles. The number of benzene rings is 1. The van der Waals surface area contributed by atoms with Crippen molar-refractivity contribution in [1.82, 2.24) is 4.90 Å². The summed E-state index contributed by atoms with van der Waals surface area (Å²) >= 11 is 1.45. The first-order valence-corrected chi connectivity index (χ1v) is 9.12. The third kappa shape index (κ3) is 3.59.